The number of carbonyl (C=O) groups excluding carboxylic acids is 2. The topological polar surface area (TPSA) is 55.8 Å². The minimum atomic E-state index is -0.293. The van der Waals surface area contributed by atoms with E-state index in [-0.39, 0.29) is 17.7 Å². The fourth-order valence-electron chi connectivity index (χ4n) is 3.67. The second-order valence-electron chi connectivity index (χ2n) is 7.52. The summed E-state index contributed by atoms with van der Waals surface area (Å²) in [6.45, 7) is 5.24. The van der Waals surface area contributed by atoms with E-state index in [1.807, 2.05) is 68.4 Å². The summed E-state index contributed by atoms with van der Waals surface area (Å²) in [6.07, 6.45) is 2.61. The first-order valence-corrected chi connectivity index (χ1v) is 12.4. The van der Waals surface area contributed by atoms with Crippen LogP contribution in [0.2, 0.25) is 0 Å². The predicted octanol–water partition coefficient (Wildman–Crippen LogP) is 7.03. The Hall–Kier alpha value is -2.77. The molecule has 0 bridgehead atoms. The molecule has 3 aromatic rings. The summed E-state index contributed by atoms with van der Waals surface area (Å²) in [4.78, 5) is 27.5. The lowest BCUT2D eigenvalue weighted by Gasteiger charge is -2.15. The zero-order valence-corrected chi connectivity index (χ0v) is 20.9. The Morgan fingerprint density at radius 3 is 2.61 bits per heavy atom. The molecule has 0 aromatic heterocycles. The number of thioether (sulfide) groups is 1. The number of ether oxygens (including phenoxy) is 2. The standard InChI is InChI=1S/C26H24BrNO4S/c1-3-12-32-24-21(27)13-17(14-22(24)31-4-2)15-23-25(29)28(26(30)33-23)16-19-10-7-9-18-8-5-6-11-20(18)19/h5-11,13-15H,3-4,12,16H2,1-2H3/b23-15-. The van der Waals surface area contributed by atoms with E-state index in [2.05, 4.69) is 15.9 Å². The number of fused-ring (bicyclic) bond motifs is 1. The molecule has 0 unspecified atom stereocenters. The normalized spacial score (nSPS) is 15.0. The summed E-state index contributed by atoms with van der Waals surface area (Å²) < 4.78 is 12.3. The fourth-order valence-corrected chi connectivity index (χ4v) is 5.08. The molecule has 0 aliphatic carbocycles. The number of hydrogen-bond donors (Lipinski definition) is 0. The van der Waals surface area contributed by atoms with Gasteiger partial charge in [-0.25, -0.2) is 0 Å². The third-order valence-corrected chi connectivity index (χ3v) is 6.66. The Morgan fingerprint density at radius 1 is 1.03 bits per heavy atom. The largest absolute Gasteiger partial charge is 0.490 e. The zero-order valence-electron chi connectivity index (χ0n) is 18.5. The van der Waals surface area contributed by atoms with Crippen molar-refractivity contribution in [2.45, 2.75) is 26.8 Å². The lowest BCUT2D eigenvalue weighted by Crippen LogP contribution is -2.27. The van der Waals surface area contributed by atoms with Crippen molar-refractivity contribution < 1.29 is 19.1 Å². The summed E-state index contributed by atoms with van der Waals surface area (Å²) in [5, 5.41) is 1.85. The molecule has 4 rings (SSSR count). The first-order valence-electron chi connectivity index (χ1n) is 10.8. The van der Waals surface area contributed by atoms with Crippen molar-refractivity contribution in [2.75, 3.05) is 13.2 Å². The molecule has 1 saturated heterocycles. The third-order valence-electron chi connectivity index (χ3n) is 5.16. The Bertz CT molecular complexity index is 1230. The molecule has 0 atom stereocenters. The molecule has 33 heavy (non-hydrogen) atoms. The van der Waals surface area contributed by atoms with Gasteiger partial charge in [-0.2, -0.15) is 0 Å². The first-order chi connectivity index (χ1) is 16.0. The van der Waals surface area contributed by atoms with E-state index in [0.29, 0.717) is 29.6 Å². The van der Waals surface area contributed by atoms with E-state index < -0.39 is 0 Å². The average Bonchev–Trinajstić information content (AvgIpc) is 3.06. The molecule has 0 N–H and O–H groups in total. The lowest BCUT2D eigenvalue weighted by atomic mass is 10.0. The fraction of sp³-hybridized carbons (Fsp3) is 0.231. The molecule has 5 nitrogen and oxygen atoms in total. The van der Waals surface area contributed by atoms with E-state index in [1.54, 1.807) is 6.08 Å². The van der Waals surface area contributed by atoms with Crippen molar-refractivity contribution in [3.8, 4) is 11.5 Å². The van der Waals surface area contributed by atoms with Crippen molar-refractivity contribution in [3.05, 3.63) is 75.1 Å². The molecule has 3 aromatic carbocycles. The van der Waals surface area contributed by atoms with Gasteiger partial charge in [0.25, 0.3) is 11.1 Å². The molecule has 1 aliphatic heterocycles. The highest BCUT2D eigenvalue weighted by Gasteiger charge is 2.35. The quantitative estimate of drug-likeness (QED) is 0.295. The second-order valence-corrected chi connectivity index (χ2v) is 9.37. The van der Waals surface area contributed by atoms with Gasteiger partial charge in [-0.1, -0.05) is 49.4 Å². The highest BCUT2D eigenvalue weighted by Crippen LogP contribution is 2.40. The van der Waals surface area contributed by atoms with Crippen LogP contribution in [-0.2, 0) is 11.3 Å². The summed E-state index contributed by atoms with van der Waals surface area (Å²) in [5.41, 5.74) is 1.69. The van der Waals surface area contributed by atoms with Crippen LogP contribution in [0.1, 0.15) is 31.4 Å². The van der Waals surface area contributed by atoms with E-state index in [9.17, 15) is 9.59 Å². The molecule has 0 spiro atoms. The molecular formula is C26H24BrNO4S. The van der Waals surface area contributed by atoms with Crippen molar-refractivity contribution in [1.29, 1.82) is 0 Å². The molecule has 1 heterocycles. The van der Waals surface area contributed by atoms with E-state index in [1.165, 1.54) is 4.90 Å². The summed E-state index contributed by atoms with van der Waals surface area (Å²) >= 11 is 4.51. The van der Waals surface area contributed by atoms with Crippen LogP contribution in [0.4, 0.5) is 4.79 Å². The van der Waals surface area contributed by atoms with Gasteiger partial charge < -0.3 is 9.47 Å². The van der Waals surface area contributed by atoms with Crippen LogP contribution in [-0.4, -0.2) is 29.3 Å². The summed E-state index contributed by atoms with van der Waals surface area (Å²) in [7, 11) is 0. The molecule has 1 fully saturated rings. The minimum absolute atomic E-state index is 0.237. The minimum Gasteiger partial charge on any atom is -0.490 e. The molecule has 2 amide bonds. The van der Waals surface area contributed by atoms with Crippen molar-refractivity contribution in [1.82, 2.24) is 4.90 Å². The van der Waals surface area contributed by atoms with Gasteiger partial charge in [-0.05, 0) is 81.1 Å². The Kier molecular flexibility index (Phi) is 7.40. The molecule has 170 valence electrons. The number of halogens is 1. The average molecular weight is 526 g/mol. The number of nitrogens with zero attached hydrogens (tertiary/aromatic N) is 1. The smallest absolute Gasteiger partial charge is 0.293 e. The predicted molar refractivity (Wildman–Crippen MR) is 137 cm³/mol. The summed E-state index contributed by atoms with van der Waals surface area (Å²) in [6, 6.07) is 17.6. The maximum Gasteiger partial charge on any atom is 0.293 e. The number of imide groups is 1. The zero-order chi connectivity index (χ0) is 23.4. The maximum absolute atomic E-state index is 13.1. The van der Waals surface area contributed by atoms with Gasteiger partial charge in [0, 0.05) is 0 Å². The molecule has 1 aliphatic rings. The van der Waals surface area contributed by atoms with Gasteiger partial charge in [-0.3, -0.25) is 14.5 Å². The SMILES string of the molecule is CCCOc1c(Br)cc(/C=C2\SC(=O)N(Cc3cccc4ccccc34)C2=O)cc1OCC. The van der Waals surface area contributed by atoms with Crippen LogP contribution in [0.15, 0.2) is 64.0 Å². The number of rotatable bonds is 8. The monoisotopic (exact) mass is 525 g/mol. The van der Waals surface area contributed by atoms with Crippen molar-refractivity contribution >= 4 is 55.7 Å². The Morgan fingerprint density at radius 2 is 1.82 bits per heavy atom. The number of benzene rings is 3. The van der Waals surface area contributed by atoms with Crippen molar-refractivity contribution in [3.63, 3.8) is 0 Å². The van der Waals surface area contributed by atoms with Crippen LogP contribution < -0.4 is 9.47 Å². The number of carbonyl (C=O) groups is 2. The van der Waals surface area contributed by atoms with Crippen LogP contribution in [0.5, 0.6) is 11.5 Å². The van der Waals surface area contributed by atoms with Gasteiger partial charge in [0.05, 0.1) is 29.1 Å². The van der Waals surface area contributed by atoms with Crippen LogP contribution in [0.3, 0.4) is 0 Å². The summed E-state index contributed by atoms with van der Waals surface area (Å²) in [5.74, 6) is 0.944. The number of hydrogen-bond acceptors (Lipinski definition) is 5. The highest BCUT2D eigenvalue weighted by molar-refractivity contribution is 9.10. The van der Waals surface area contributed by atoms with Gasteiger partial charge in [-0.15, -0.1) is 0 Å². The van der Waals surface area contributed by atoms with E-state index >= 15 is 0 Å². The lowest BCUT2D eigenvalue weighted by molar-refractivity contribution is -0.123. The highest BCUT2D eigenvalue weighted by atomic mass is 79.9. The van der Waals surface area contributed by atoms with Crippen LogP contribution in [0, 0.1) is 0 Å². The molecule has 0 radical (unpaired) electrons. The van der Waals surface area contributed by atoms with E-state index in [0.717, 1.165) is 44.6 Å². The van der Waals surface area contributed by atoms with Gasteiger partial charge in [0.1, 0.15) is 0 Å². The molecular weight excluding hydrogens is 502 g/mol. The Balaban J connectivity index is 1.61. The molecule has 0 saturated carbocycles. The van der Waals surface area contributed by atoms with Gasteiger partial charge in [0.2, 0.25) is 0 Å². The first kappa shape index (κ1) is 23.4. The molecule has 7 heteroatoms. The van der Waals surface area contributed by atoms with Crippen LogP contribution >= 0.6 is 27.7 Å². The van der Waals surface area contributed by atoms with E-state index in [4.69, 9.17) is 9.47 Å². The third kappa shape index (κ3) is 5.09. The van der Waals surface area contributed by atoms with Gasteiger partial charge >= 0.3 is 0 Å². The van der Waals surface area contributed by atoms with Gasteiger partial charge in [0.15, 0.2) is 11.5 Å². The maximum atomic E-state index is 13.1. The Labute approximate surface area is 205 Å². The second kappa shape index (κ2) is 10.4. The van der Waals surface area contributed by atoms with Crippen LogP contribution in [0.25, 0.3) is 16.8 Å². The number of amides is 2. The van der Waals surface area contributed by atoms with Crippen molar-refractivity contribution in [2.24, 2.45) is 0 Å².